The van der Waals surface area contributed by atoms with Crippen LogP contribution in [-0.4, -0.2) is 78.5 Å². The summed E-state index contributed by atoms with van der Waals surface area (Å²) in [4.78, 5) is 38.4. The molecular formula is C30H33ClFN5O5. The molecule has 1 saturated heterocycles. The fraction of sp³-hybridized carbons (Fsp3) is 0.400. The average molecular weight is 598 g/mol. The minimum absolute atomic E-state index is 0.152. The third kappa shape index (κ3) is 6.80. The standard InChI is InChI=1S/C30H33ClFN5O5/c1-30(2,3)42-29(39)37-9-10-41-27-22(13-25(35-28(27)37)23-12-19(31)5-6-24(23)32)18-11-20(15-33-14-18)34-26(38)7-8-36(4)21-16-40-17-21/h5-6,11-15,21H,7-10,16-17H2,1-4H3,(H,34,38). The number of halogens is 2. The molecule has 0 unspecified atom stereocenters. The lowest BCUT2D eigenvalue weighted by Crippen LogP contribution is -2.47. The highest BCUT2D eigenvalue weighted by Gasteiger charge is 2.32. The van der Waals surface area contributed by atoms with Crippen molar-refractivity contribution in [3.63, 3.8) is 0 Å². The maximum absolute atomic E-state index is 15.0. The summed E-state index contributed by atoms with van der Waals surface area (Å²) in [5, 5.41) is 3.23. The number of amides is 2. The summed E-state index contributed by atoms with van der Waals surface area (Å²) in [7, 11) is 1.97. The SMILES string of the molecule is CN(CCC(=O)Nc1cncc(-c2cc(-c3cc(Cl)ccc3F)nc3c2OCCN3C(=O)OC(C)(C)C)c1)C1COC1. The van der Waals surface area contributed by atoms with E-state index in [1.165, 1.54) is 23.1 Å². The number of fused-ring (bicyclic) bond motifs is 1. The first-order valence-corrected chi connectivity index (χ1v) is 14.0. The number of likely N-dealkylation sites (N-methyl/N-ethyl adjacent to an activating group) is 1. The molecule has 0 bridgehead atoms. The zero-order valence-electron chi connectivity index (χ0n) is 23.9. The third-order valence-electron chi connectivity index (χ3n) is 6.86. The summed E-state index contributed by atoms with van der Waals surface area (Å²) >= 11 is 6.20. The number of hydrogen-bond donors (Lipinski definition) is 1. The number of nitrogens with zero attached hydrogens (tertiary/aromatic N) is 4. The fourth-order valence-corrected chi connectivity index (χ4v) is 4.72. The molecule has 2 aromatic heterocycles. The molecule has 10 nitrogen and oxygen atoms in total. The Balaban J connectivity index is 1.50. The highest BCUT2D eigenvalue weighted by atomic mass is 35.5. The topological polar surface area (TPSA) is 106 Å². The molecule has 5 rings (SSSR count). The van der Waals surface area contributed by atoms with Gasteiger partial charge in [0.15, 0.2) is 11.6 Å². The quantitative estimate of drug-likeness (QED) is 0.386. The van der Waals surface area contributed by atoms with Crippen LogP contribution in [0.15, 0.2) is 42.7 Å². The van der Waals surface area contributed by atoms with Crippen molar-refractivity contribution in [1.82, 2.24) is 14.9 Å². The number of carbonyl (C=O) groups is 2. The first-order valence-electron chi connectivity index (χ1n) is 13.7. The van der Waals surface area contributed by atoms with Crippen molar-refractivity contribution >= 4 is 35.1 Å². The predicted octanol–water partition coefficient (Wildman–Crippen LogP) is 5.40. The number of carbonyl (C=O) groups excluding carboxylic acids is 2. The fourth-order valence-electron chi connectivity index (χ4n) is 4.55. The van der Waals surface area contributed by atoms with Gasteiger partial charge < -0.3 is 19.5 Å². The molecule has 3 aromatic rings. The maximum Gasteiger partial charge on any atom is 0.416 e. The summed E-state index contributed by atoms with van der Waals surface area (Å²) in [6, 6.07) is 7.91. The Morgan fingerprint density at radius 2 is 1.98 bits per heavy atom. The van der Waals surface area contributed by atoms with Gasteiger partial charge in [-0.25, -0.2) is 14.2 Å². The Morgan fingerprint density at radius 1 is 1.19 bits per heavy atom. The summed E-state index contributed by atoms with van der Waals surface area (Å²) in [5.74, 6) is -0.199. The third-order valence-corrected chi connectivity index (χ3v) is 7.09. The van der Waals surface area contributed by atoms with Crippen molar-refractivity contribution in [1.29, 1.82) is 0 Å². The molecule has 0 atom stereocenters. The van der Waals surface area contributed by atoms with E-state index < -0.39 is 17.5 Å². The van der Waals surface area contributed by atoms with Crippen LogP contribution in [0, 0.1) is 5.82 Å². The largest absolute Gasteiger partial charge is 0.487 e. The molecule has 2 amide bonds. The van der Waals surface area contributed by atoms with Gasteiger partial charge in [-0.05, 0) is 58.2 Å². The van der Waals surface area contributed by atoms with E-state index in [2.05, 4.69) is 20.2 Å². The van der Waals surface area contributed by atoms with Gasteiger partial charge in [-0.2, -0.15) is 0 Å². The second-order valence-corrected chi connectivity index (χ2v) is 11.7. The Morgan fingerprint density at radius 3 is 2.69 bits per heavy atom. The van der Waals surface area contributed by atoms with Crippen LogP contribution < -0.4 is 15.0 Å². The van der Waals surface area contributed by atoms with Crippen molar-refractivity contribution < 1.29 is 28.2 Å². The normalized spacial score (nSPS) is 15.1. The maximum atomic E-state index is 15.0. The van der Waals surface area contributed by atoms with Crippen LogP contribution in [0.25, 0.3) is 22.4 Å². The van der Waals surface area contributed by atoms with Gasteiger partial charge in [0.05, 0.1) is 43.4 Å². The Hall–Kier alpha value is -3.80. The molecule has 1 N–H and O–H groups in total. The van der Waals surface area contributed by atoms with Gasteiger partial charge >= 0.3 is 6.09 Å². The molecule has 0 saturated carbocycles. The van der Waals surface area contributed by atoms with Crippen LogP contribution in [0.4, 0.5) is 20.7 Å². The van der Waals surface area contributed by atoms with Gasteiger partial charge in [0.2, 0.25) is 5.91 Å². The van der Waals surface area contributed by atoms with Crippen LogP contribution in [0.2, 0.25) is 5.02 Å². The molecule has 1 fully saturated rings. The lowest BCUT2D eigenvalue weighted by Gasteiger charge is -2.34. The van der Waals surface area contributed by atoms with Gasteiger partial charge in [-0.1, -0.05) is 11.6 Å². The lowest BCUT2D eigenvalue weighted by atomic mass is 10.0. The van der Waals surface area contributed by atoms with Gasteiger partial charge in [-0.3, -0.25) is 19.6 Å². The Kier molecular flexibility index (Phi) is 8.63. The second kappa shape index (κ2) is 12.2. The van der Waals surface area contributed by atoms with Crippen LogP contribution in [-0.2, 0) is 14.3 Å². The number of benzene rings is 1. The van der Waals surface area contributed by atoms with E-state index in [1.54, 1.807) is 45.3 Å². The van der Waals surface area contributed by atoms with Crippen molar-refractivity contribution in [3.05, 3.63) is 53.6 Å². The van der Waals surface area contributed by atoms with Crippen LogP contribution in [0.5, 0.6) is 5.75 Å². The Labute approximate surface area is 248 Å². The smallest absolute Gasteiger partial charge is 0.416 e. The van der Waals surface area contributed by atoms with E-state index in [0.717, 1.165) is 0 Å². The van der Waals surface area contributed by atoms with Gasteiger partial charge in [0, 0.05) is 40.9 Å². The molecule has 0 aliphatic carbocycles. The van der Waals surface area contributed by atoms with Crippen molar-refractivity contribution in [3.8, 4) is 28.1 Å². The molecule has 2 aliphatic rings. The van der Waals surface area contributed by atoms with Crippen LogP contribution >= 0.6 is 11.6 Å². The van der Waals surface area contributed by atoms with Crippen molar-refractivity contribution in [2.75, 3.05) is 50.2 Å². The first kappa shape index (κ1) is 29.7. The monoisotopic (exact) mass is 597 g/mol. The zero-order chi connectivity index (χ0) is 30.0. The minimum Gasteiger partial charge on any atom is -0.487 e. The minimum atomic E-state index is -0.744. The number of nitrogens with one attached hydrogen (secondary N) is 1. The highest BCUT2D eigenvalue weighted by molar-refractivity contribution is 6.30. The number of pyridine rings is 2. The first-order chi connectivity index (χ1) is 20.0. The molecule has 222 valence electrons. The van der Waals surface area contributed by atoms with Gasteiger partial charge in [0.1, 0.15) is 18.0 Å². The van der Waals surface area contributed by atoms with Crippen molar-refractivity contribution in [2.24, 2.45) is 0 Å². The molecule has 0 radical (unpaired) electrons. The summed E-state index contributed by atoms with van der Waals surface area (Å²) < 4.78 is 31.9. The average Bonchev–Trinajstić information content (AvgIpc) is 2.90. The van der Waals surface area contributed by atoms with Gasteiger partial charge in [0.25, 0.3) is 0 Å². The molecule has 0 spiro atoms. The number of aromatic nitrogens is 2. The highest BCUT2D eigenvalue weighted by Crippen LogP contribution is 2.43. The molecule has 2 aliphatic heterocycles. The van der Waals surface area contributed by atoms with E-state index in [0.29, 0.717) is 59.8 Å². The number of ether oxygens (including phenoxy) is 3. The van der Waals surface area contributed by atoms with E-state index in [-0.39, 0.29) is 36.1 Å². The van der Waals surface area contributed by atoms with E-state index in [1.807, 2.05) is 7.05 Å². The summed E-state index contributed by atoms with van der Waals surface area (Å²) in [6.45, 7) is 7.63. The zero-order valence-corrected chi connectivity index (χ0v) is 24.7. The molecule has 4 heterocycles. The van der Waals surface area contributed by atoms with Crippen LogP contribution in [0.1, 0.15) is 27.2 Å². The number of anilines is 2. The molecule has 12 heteroatoms. The van der Waals surface area contributed by atoms with E-state index in [4.69, 9.17) is 25.8 Å². The van der Waals surface area contributed by atoms with E-state index >= 15 is 4.39 Å². The molecule has 42 heavy (non-hydrogen) atoms. The second-order valence-electron chi connectivity index (χ2n) is 11.2. The van der Waals surface area contributed by atoms with E-state index in [9.17, 15) is 9.59 Å². The van der Waals surface area contributed by atoms with Crippen LogP contribution in [0.3, 0.4) is 0 Å². The lowest BCUT2D eigenvalue weighted by molar-refractivity contribution is -0.117. The van der Waals surface area contributed by atoms with Crippen molar-refractivity contribution in [2.45, 2.75) is 38.8 Å². The number of hydrogen-bond acceptors (Lipinski definition) is 8. The summed E-state index contributed by atoms with van der Waals surface area (Å²) in [5.41, 5.74) is 1.21. The molecular weight excluding hydrogens is 565 g/mol. The molecule has 1 aromatic carbocycles. The number of rotatable bonds is 7. The predicted molar refractivity (Wildman–Crippen MR) is 157 cm³/mol. The Bertz CT molecular complexity index is 1490. The van der Waals surface area contributed by atoms with Gasteiger partial charge in [-0.15, -0.1) is 0 Å². The summed E-state index contributed by atoms with van der Waals surface area (Å²) in [6.07, 6.45) is 2.84.